The van der Waals surface area contributed by atoms with Crippen LogP contribution in [0.3, 0.4) is 0 Å². The summed E-state index contributed by atoms with van der Waals surface area (Å²) in [5.41, 5.74) is -0.514. The maximum Gasteiger partial charge on any atom is 0.0768 e. The van der Waals surface area contributed by atoms with Crippen molar-refractivity contribution >= 4 is 0 Å². The first-order valence-electron chi connectivity index (χ1n) is 7.09. The normalized spacial score (nSPS) is 5.46. The standard InChI is InChI=1S/C6H13O2.C4H10O2.5CH4O.10CH4.5W/c1-3-6(2,4-7)5-8;1-2-4(6)3-5;5*1-2;;;;;;;;;;;;;;;/h7-8H,2-5H2,1H3;4-6H,2-3H2,1H3;5*2H,1H3;10*1H4;;;;;/q-1;;;;;;;;;;;;;;;;;;;;;. The predicted octanol–water partition coefficient (Wildman–Crippen LogP) is 4.34. The summed E-state index contributed by atoms with van der Waals surface area (Å²) in [6.45, 7) is 7.14. The molecule has 0 bridgehead atoms. The average molecular weight is 1450 g/mol. The van der Waals surface area contributed by atoms with E-state index in [2.05, 4.69) is 6.92 Å². The maximum atomic E-state index is 8.56. The average Bonchev–Trinajstić information content (AvgIpc) is 2.74. The van der Waals surface area contributed by atoms with Crippen molar-refractivity contribution in [1.82, 2.24) is 0 Å². The van der Waals surface area contributed by atoms with E-state index in [-0.39, 0.29) is 199 Å². The summed E-state index contributed by atoms with van der Waals surface area (Å²) in [5, 5.41) is 68.6. The molecule has 0 aliphatic heterocycles. The van der Waals surface area contributed by atoms with Crippen LogP contribution in [0.15, 0.2) is 0 Å². The Morgan fingerprint density at radius 2 is 0.641 bits per heavy atom. The molecule has 0 spiro atoms. The Kier molecular flexibility index (Phi) is 1020. The monoisotopic (exact) mass is 1450 g/mol. The molecule has 14 heteroatoms. The Balaban J connectivity index is -0.00000000436. The van der Waals surface area contributed by atoms with Crippen molar-refractivity contribution < 1.29 is 151 Å². The first kappa shape index (κ1) is 176. The van der Waals surface area contributed by atoms with E-state index >= 15 is 0 Å². The van der Waals surface area contributed by atoms with Crippen molar-refractivity contribution in [3.63, 3.8) is 0 Å². The van der Waals surface area contributed by atoms with E-state index < -0.39 is 11.5 Å². The molecule has 0 aliphatic carbocycles. The van der Waals surface area contributed by atoms with Crippen LogP contribution in [0.4, 0.5) is 0 Å². The molecule has 0 aromatic heterocycles. The fourth-order valence-electron chi connectivity index (χ4n) is 0.403. The third kappa shape index (κ3) is 243. The molecular weight excluding hydrogens is 1360 g/mol. The van der Waals surface area contributed by atoms with Crippen LogP contribution < -0.4 is 0 Å². The molecule has 0 amide bonds. The van der Waals surface area contributed by atoms with Gasteiger partial charge in [-0.15, -0.1) is 5.41 Å². The van der Waals surface area contributed by atoms with Crippen LogP contribution in [-0.2, 0) is 105 Å². The molecule has 1 unspecified atom stereocenters. The number of hydrogen-bond acceptors (Lipinski definition) is 9. The van der Waals surface area contributed by atoms with Crippen LogP contribution in [0.1, 0.15) is 101 Å². The second-order valence-electron chi connectivity index (χ2n) is 3.41. The van der Waals surface area contributed by atoms with Gasteiger partial charge in [-0.2, -0.15) is 0 Å². The summed E-state index contributed by atoms with van der Waals surface area (Å²) in [6, 6.07) is 0. The van der Waals surface area contributed by atoms with Crippen LogP contribution in [-0.4, -0.2) is 107 Å². The van der Waals surface area contributed by atoms with Gasteiger partial charge >= 0.3 is 0 Å². The maximum absolute atomic E-state index is 8.56. The predicted molar refractivity (Wildman–Crippen MR) is 164 cm³/mol. The Bertz CT molecular complexity index is 138. The van der Waals surface area contributed by atoms with E-state index in [1.807, 2.05) is 13.8 Å². The number of rotatable bonds is 5. The van der Waals surface area contributed by atoms with Crippen LogP contribution in [0, 0.1) is 12.3 Å². The molecule has 0 aromatic rings. The third-order valence-electron chi connectivity index (χ3n) is 2.10. The molecule has 0 radical (unpaired) electrons. The van der Waals surface area contributed by atoms with Crippen LogP contribution >= 0.6 is 0 Å². The van der Waals surface area contributed by atoms with Gasteiger partial charge in [-0.1, -0.05) is 94.5 Å². The summed E-state index contributed by atoms with van der Waals surface area (Å²) in [5.74, 6) is 0. The largest absolute Gasteiger partial charge is 0.400 e. The third-order valence-corrected chi connectivity index (χ3v) is 2.10. The second kappa shape index (κ2) is 226. The Morgan fingerprint density at radius 1 is 0.487 bits per heavy atom. The van der Waals surface area contributed by atoms with E-state index in [4.69, 9.17) is 46.0 Å². The molecular formula is C25H83O9W5-. The van der Waals surface area contributed by atoms with Gasteiger partial charge in [-0.25, -0.2) is 0 Å². The fraction of sp³-hybridized carbons (Fsp3) is 0.960. The van der Waals surface area contributed by atoms with E-state index in [0.29, 0.717) is 12.8 Å². The van der Waals surface area contributed by atoms with Gasteiger partial charge in [0.05, 0.1) is 12.7 Å². The zero-order valence-corrected chi connectivity index (χ0v) is 33.1. The smallest absolute Gasteiger partial charge is 0.0768 e. The van der Waals surface area contributed by atoms with Crippen molar-refractivity contribution in [2.75, 3.05) is 55.4 Å². The van der Waals surface area contributed by atoms with Crippen molar-refractivity contribution in [1.29, 1.82) is 0 Å². The second-order valence-corrected chi connectivity index (χ2v) is 3.41. The van der Waals surface area contributed by atoms with Gasteiger partial charge < -0.3 is 52.9 Å². The van der Waals surface area contributed by atoms with Crippen molar-refractivity contribution in [3.05, 3.63) is 6.92 Å². The quantitative estimate of drug-likeness (QED) is 0.181. The molecule has 1 atom stereocenters. The van der Waals surface area contributed by atoms with E-state index in [0.717, 1.165) is 35.5 Å². The van der Waals surface area contributed by atoms with E-state index in [1.165, 1.54) is 0 Å². The molecule has 0 aliphatic rings. The SMILES string of the molecule is C.C.C.C.C.C.C.C.C.C.CCC(O)CO.CO.CO.CO.CO.CO.[CH2-]C(CC)(CO)CO.[W].[W].[W].[W].[W]. The molecule has 0 saturated carbocycles. The molecule has 9 nitrogen and oxygen atoms in total. The fourth-order valence-corrected chi connectivity index (χ4v) is 0.403. The van der Waals surface area contributed by atoms with Gasteiger partial charge in [0.2, 0.25) is 0 Å². The van der Waals surface area contributed by atoms with Gasteiger partial charge in [0.15, 0.2) is 0 Å². The van der Waals surface area contributed by atoms with Gasteiger partial charge in [0.1, 0.15) is 0 Å². The first-order valence-corrected chi connectivity index (χ1v) is 7.09. The molecule has 0 saturated heterocycles. The number of aliphatic hydroxyl groups is 9. The zero-order chi connectivity index (χ0) is 21.6. The summed E-state index contributed by atoms with van der Waals surface area (Å²) in [6.07, 6.45) is 0.834. The summed E-state index contributed by atoms with van der Waals surface area (Å²) in [4.78, 5) is 0. The molecule has 0 fully saturated rings. The van der Waals surface area contributed by atoms with Gasteiger partial charge in [-0.05, 0) is 6.42 Å². The zero-order valence-electron chi connectivity index (χ0n) is 18.4. The van der Waals surface area contributed by atoms with Gasteiger partial charge in [0.25, 0.3) is 0 Å². The summed E-state index contributed by atoms with van der Waals surface area (Å²) >= 11 is 0. The minimum Gasteiger partial charge on any atom is -0.400 e. The van der Waals surface area contributed by atoms with Gasteiger partial charge in [0, 0.05) is 154 Å². The Morgan fingerprint density at radius 3 is 0.641 bits per heavy atom. The Hall–Kier alpha value is 3.08. The van der Waals surface area contributed by atoms with Crippen LogP contribution in [0.5, 0.6) is 0 Å². The van der Waals surface area contributed by atoms with Crippen molar-refractivity contribution in [3.8, 4) is 0 Å². The van der Waals surface area contributed by atoms with Crippen molar-refractivity contribution in [2.45, 2.75) is 107 Å². The topological polar surface area (TPSA) is 182 Å². The van der Waals surface area contributed by atoms with Crippen LogP contribution in [0.2, 0.25) is 0 Å². The molecule has 268 valence electrons. The molecule has 0 aromatic carbocycles. The Labute approximate surface area is 323 Å². The minimum atomic E-state index is -0.514. The van der Waals surface area contributed by atoms with E-state index in [9.17, 15) is 0 Å². The molecule has 39 heavy (non-hydrogen) atoms. The number of hydrogen-bond donors (Lipinski definition) is 9. The number of aliphatic hydroxyl groups excluding tert-OH is 9. The molecule has 9 N–H and O–H groups in total. The minimum absolute atomic E-state index is 0. The van der Waals surface area contributed by atoms with Crippen LogP contribution in [0.25, 0.3) is 0 Å². The van der Waals surface area contributed by atoms with E-state index in [1.54, 1.807) is 0 Å². The molecule has 0 heterocycles. The van der Waals surface area contributed by atoms with Gasteiger partial charge in [-0.3, -0.25) is 0 Å². The first-order chi connectivity index (χ1) is 11.5. The molecule has 0 rings (SSSR count). The summed E-state index contributed by atoms with van der Waals surface area (Å²) < 4.78 is 0. The van der Waals surface area contributed by atoms with Crippen molar-refractivity contribution in [2.24, 2.45) is 5.41 Å². The summed E-state index contributed by atoms with van der Waals surface area (Å²) in [7, 11) is 5.00.